The third-order valence-corrected chi connectivity index (χ3v) is 6.06. The number of piperidine rings is 1. The molecule has 3 aromatic rings. The summed E-state index contributed by atoms with van der Waals surface area (Å²) < 4.78 is 19.0. The van der Waals surface area contributed by atoms with Crippen LogP contribution in [0.5, 0.6) is 0 Å². The second-order valence-corrected chi connectivity index (χ2v) is 8.11. The molecule has 2 aromatic carbocycles. The largest absolute Gasteiger partial charge is 0.342 e. The second kappa shape index (κ2) is 8.56. The monoisotopic (exact) mass is 421 g/mol. The zero-order valence-electron chi connectivity index (χ0n) is 17.0. The van der Waals surface area contributed by atoms with Crippen LogP contribution in [0.1, 0.15) is 36.3 Å². The maximum atomic E-state index is 13.5. The molecule has 5 rings (SSSR count). The SMILES string of the molecule is O=C(C1CNNC1c1ccccc1)N1CCCC(c2nc(-c3cccc(F)c3)no2)C1. The van der Waals surface area contributed by atoms with E-state index in [1.807, 2.05) is 35.2 Å². The van der Waals surface area contributed by atoms with Gasteiger partial charge in [-0.15, -0.1) is 0 Å². The molecule has 8 heteroatoms. The molecule has 0 radical (unpaired) electrons. The van der Waals surface area contributed by atoms with Crippen molar-refractivity contribution < 1.29 is 13.7 Å². The molecule has 31 heavy (non-hydrogen) atoms. The lowest BCUT2D eigenvalue weighted by Gasteiger charge is -2.33. The third-order valence-electron chi connectivity index (χ3n) is 6.06. The molecule has 3 unspecified atom stereocenters. The van der Waals surface area contributed by atoms with Gasteiger partial charge in [0.1, 0.15) is 5.82 Å². The van der Waals surface area contributed by atoms with E-state index in [2.05, 4.69) is 21.0 Å². The Balaban J connectivity index is 1.30. The summed E-state index contributed by atoms with van der Waals surface area (Å²) in [5.41, 5.74) is 8.05. The summed E-state index contributed by atoms with van der Waals surface area (Å²) in [4.78, 5) is 19.8. The first-order valence-electron chi connectivity index (χ1n) is 10.6. The third kappa shape index (κ3) is 4.08. The van der Waals surface area contributed by atoms with Crippen LogP contribution < -0.4 is 10.9 Å². The number of hydrogen-bond acceptors (Lipinski definition) is 6. The highest BCUT2D eigenvalue weighted by Crippen LogP contribution is 2.31. The molecule has 0 spiro atoms. The summed E-state index contributed by atoms with van der Waals surface area (Å²) in [5, 5.41) is 4.03. The second-order valence-electron chi connectivity index (χ2n) is 8.11. The summed E-state index contributed by atoms with van der Waals surface area (Å²) in [5.74, 6) is 0.452. The Morgan fingerprint density at radius 1 is 1.16 bits per heavy atom. The predicted molar refractivity (Wildman–Crippen MR) is 112 cm³/mol. The van der Waals surface area contributed by atoms with Gasteiger partial charge in [-0.3, -0.25) is 10.2 Å². The van der Waals surface area contributed by atoms with Crippen LogP contribution in [0.3, 0.4) is 0 Å². The minimum absolute atomic E-state index is 0.0231. The number of benzene rings is 2. The van der Waals surface area contributed by atoms with Crippen molar-refractivity contribution in [3.05, 3.63) is 71.9 Å². The maximum Gasteiger partial charge on any atom is 0.231 e. The minimum Gasteiger partial charge on any atom is -0.342 e. The van der Waals surface area contributed by atoms with Crippen LogP contribution in [0, 0.1) is 11.7 Å². The predicted octanol–water partition coefficient (Wildman–Crippen LogP) is 3.05. The quantitative estimate of drug-likeness (QED) is 0.674. The van der Waals surface area contributed by atoms with Crippen molar-refractivity contribution >= 4 is 5.91 Å². The van der Waals surface area contributed by atoms with Crippen LogP contribution >= 0.6 is 0 Å². The fourth-order valence-corrected chi connectivity index (χ4v) is 4.46. The fraction of sp³-hybridized carbons (Fsp3) is 0.348. The van der Waals surface area contributed by atoms with E-state index >= 15 is 0 Å². The standard InChI is InChI=1S/C23H24FN5O2/c24-18-10-4-8-16(12-18)21-26-22(31-28-21)17-9-5-11-29(14-17)23(30)19-13-25-27-20(19)15-6-2-1-3-7-15/h1-4,6-8,10,12,17,19-20,25,27H,5,9,11,13-14H2. The topological polar surface area (TPSA) is 83.3 Å². The fourth-order valence-electron chi connectivity index (χ4n) is 4.46. The van der Waals surface area contributed by atoms with E-state index in [9.17, 15) is 9.18 Å². The smallest absolute Gasteiger partial charge is 0.231 e. The Labute approximate surface area is 179 Å². The number of hydrogen-bond donors (Lipinski definition) is 2. The number of rotatable bonds is 4. The van der Waals surface area contributed by atoms with Crippen molar-refractivity contribution in [2.45, 2.75) is 24.8 Å². The van der Waals surface area contributed by atoms with E-state index in [1.54, 1.807) is 12.1 Å². The molecule has 0 saturated carbocycles. The number of nitrogens with zero attached hydrogens (tertiary/aromatic N) is 3. The number of amides is 1. The average molecular weight is 421 g/mol. The van der Waals surface area contributed by atoms with Crippen molar-refractivity contribution in [1.29, 1.82) is 0 Å². The van der Waals surface area contributed by atoms with Crippen LogP contribution in [0.4, 0.5) is 4.39 Å². The summed E-state index contributed by atoms with van der Waals surface area (Å²) in [7, 11) is 0. The van der Waals surface area contributed by atoms with Gasteiger partial charge in [-0.25, -0.2) is 9.82 Å². The van der Waals surface area contributed by atoms with Crippen molar-refractivity contribution in [2.24, 2.45) is 5.92 Å². The van der Waals surface area contributed by atoms with Crippen LogP contribution in [0.25, 0.3) is 11.4 Å². The molecule has 2 N–H and O–H groups in total. The number of carbonyl (C=O) groups excluding carboxylic acids is 1. The molecule has 2 fully saturated rings. The maximum absolute atomic E-state index is 13.5. The normalized spacial score (nSPS) is 23.8. The first-order chi connectivity index (χ1) is 15.2. The number of likely N-dealkylation sites (tertiary alicyclic amines) is 1. The summed E-state index contributed by atoms with van der Waals surface area (Å²) in [6, 6.07) is 16.1. The molecule has 7 nitrogen and oxygen atoms in total. The Morgan fingerprint density at radius 2 is 2.03 bits per heavy atom. The Bertz CT molecular complexity index is 1060. The Morgan fingerprint density at radius 3 is 2.87 bits per heavy atom. The molecule has 3 atom stereocenters. The van der Waals surface area contributed by atoms with Crippen LogP contribution in [0.15, 0.2) is 59.1 Å². The van der Waals surface area contributed by atoms with Gasteiger partial charge in [0.15, 0.2) is 0 Å². The van der Waals surface area contributed by atoms with E-state index in [4.69, 9.17) is 4.52 Å². The zero-order chi connectivity index (χ0) is 21.2. The molecular weight excluding hydrogens is 397 g/mol. The lowest BCUT2D eigenvalue weighted by Crippen LogP contribution is -2.44. The summed E-state index contributed by atoms with van der Waals surface area (Å²) in [6.45, 7) is 1.85. The highest BCUT2D eigenvalue weighted by molar-refractivity contribution is 5.80. The molecule has 3 heterocycles. The highest BCUT2D eigenvalue weighted by Gasteiger charge is 2.38. The molecule has 2 saturated heterocycles. The Hall–Kier alpha value is -3.10. The van der Waals surface area contributed by atoms with Gasteiger partial charge in [0.2, 0.25) is 17.6 Å². The first kappa shape index (κ1) is 19.8. The number of halogens is 1. The van der Waals surface area contributed by atoms with E-state index < -0.39 is 0 Å². The van der Waals surface area contributed by atoms with Crippen molar-refractivity contribution in [1.82, 2.24) is 25.9 Å². The van der Waals surface area contributed by atoms with Gasteiger partial charge in [0.05, 0.1) is 17.9 Å². The van der Waals surface area contributed by atoms with E-state index in [1.165, 1.54) is 12.1 Å². The molecule has 0 bridgehead atoms. The van der Waals surface area contributed by atoms with Gasteiger partial charge < -0.3 is 9.42 Å². The number of nitrogens with one attached hydrogen (secondary N) is 2. The van der Waals surface area contributed by atoms with E-state index in [0.29, 0.717) is 30.4 Å². The average Bonchev–Trinajstić information content (AvgIpc) is 3.50. The Kier molecular flexibility index (Phi) is 5.48. The van der Waals surface area contributed by atoms with Crippen LogP contribution in [-0.4, -0.2) is 40.6 Å². The number of aromatic nitrogens is 2. The van der Waals surface area contributed by atoms with Gasteiger partial charge >= 0.3 is 0 Å². The van der Waals surface area contributed by atoms with E-state index in [0.717, 1.165) is 24.9 Å². The van der Waals surface area contributed by atoms with Crippen LogP contribution in [-0.2, 0) is 4.79 Å². The molecule has 2 aliphatic heterocycles. The van der Waals surface area contributed by atoms with Gasteiger partial charge in [-0.05, 0) is 30.5 Å². The zero-order valence-corrected chi connectivity index (χ0v) is 17.0. The lowest BCUT2D eigenvalue weighted by atomic mass is 9.91. The van der Waals surface area contributed by atoms with Gasteiger partial charge in [0.25, 0.3) is 0 Å². The summed E-state index contributed by atoms with van der Waals surface area (Å²) in [6.07, 6.45) is 1.75. The van der Waals surface area contributed by atoms with Gasteiger partial charge in [-0.1, -0.05) is 47.6 Å². The highest BCUT2D eigenvalue weighted by atomic mass is 19.1. The lowest BCUT2D eigenvalue weighted by molar-refractivity contribution is -0.136. The van der Waals surface area contributed by atoms with Crippen molar-refractivity contribution in [3.63, 3.8) is 0 Å². The molecular formula is C23H24FN5O2. The molecule has 1 amide bonds. The molecule has 2 aliphatic rings. The van der Waals surface area contributed by atoms with Crippen molar-refractivity contribution in [2.75, 3.05) is 19.6 Å². The number of carbonyl (C=O) groups is 1. The molecule has 0 aliphatic carbocycles. The molecule has 1 aromatic heterocycles. The first-order valence-corrected chi connectivity index (χ1v) is 10.6. The van der Waals surface area contributed by atoms with Crippen molar-refractivity contribution in [3.8, 4) is 11.4 Å². The summed E-state index contributed by atoms with van der Waals surface area (Å²) >= 11 is 0. The van der Waals surface area contributed by atoms with Gasteiger partial charge in [-0.2, -0.15) is 4.98 Å². The minimum atomic E-state index is -0.343. The van der Waals surface area contributed by atoms with Crippen LogP contribution in [0.2, 0.25) is 0 Å². The number of hydrazine groups is 1. The van der Waals surface area contributed by atoms with E-state index in [-0.39, 0.29) is 29.6 Å². The molecule has 160 valence electrons. The van der Waals surface area contributed by atoms with Gasteiger partial charge in [0, 0.05) is 25.2 Å².